The van der Waals surface area contributed by atoms with Gasteiger partial charge >= 0.3 is 18.2 Å². The van der Waals surface area contributed by atoms with Gasteiger partial charge in [0.25, 0.3) is 0 Å². The van der Waals surface area contributed by atoms with Gasteiger partial charge in [-0.05, 0) is 25.0 Å². The van der Waals surface area contributed by atoms with E-state index in [0.717, 1.165) is 10.5 Å². The molecule has 1 fully saturated rings. The van der Waals surface area contributed by atoms with Crippen molar-refractivity contribution in [3.63, 3.8) is 0 Å². The summed E-state index contributed by atoms with van der Waals surface area (Å²) in [5.74, 6) is -4.60. The van der Waals surface area contributed by atoms with Crippen molar-refractivity contribution in [1.82, 2.24) is 10.2 Å². The maximum Gasteiger partial charge on any atom is 0.394 e. The molecule has 27 heavy (non-hydrogen) atoms. The normalized spacial score (nSPS) is 21.0. The molecule has 1 saturated heterocycles. The lowest BCUT2D eigenvalue weighted by Gasteiger charge is -2.22. The third-order valence-corrected chi connectivity index (χ3v) is 4.67. The number of carbonyl (C=O) groups is 2. The minimum atomic E-state index is -4.67. The molecule has 1 heterocycles. The highest BCUT2D eigenvalue weighted by Crippen LogP contribution is 2.37. The van der Waals surface area contributed by atoms with E-state index < -0.39 is 43.1 Å². The largest absolute Gasteiger partial charge is 0.488 e. The monoisotopic (exact) mass is 388 g/mol. The van der Waals surface area contributed by atoms with Crippen molar-refractivity contribution >= 4 is 12.0 Å². The summed E-state index contributed by atoms with van der Waals surface area (Å²) < 4.78 is 44.9. The van der Waals surface area contributed by atoms with Crippen molar-refractivity contribution < 1.29 is 32.6 Å². The second kappa shape index (κ2) is 8.49. The molecule has 0 saturated carbocycles. The fourth-order valence-corrected chi connectivity index (χ4v) is 3.00. The van der Waals surface area contributed by atoms with Crippen molar-refractivity contribution in [3.05, 3.63) is 29.8 Å². The van der Waals surface area contributed by atoms with E-state index in [1.165, 1.54) is 0 Å². The Morgan fingerprint density at radius 3 is 2.52 bits per heavy atom. The molecule has 0 bridgehead atoms. The van der Waals surface area contributed by atoms with Crippen LogP contribution in [0, 0.1) is 18.8 Å². The van der Waals surface area contributed by atoms with Gasteiger partial charge in [-0.25, -0.2) is 4.79 Å². The molecule has 6 nitrogen and oxygen atoms in total. The zero-order valence-corrected chi connectivity index (χ0v) is 15.1. The topological polar surface area (TPSA) is 78.9 Å². The number of hydrogen-bond acceptors (Lipinski definition) is 3. The summed E-state index contributed by atoms with van der Waals surface area (Å²) in [7, 11) is 0. The summed E-state index contributed by atoms with van der Waals surface area (Å²) in [5.41, 5.74) is 0.930. The summed E-state index contributed by atoms with van der Waals surface area (Å²) in [6, 6.07) is 6.65. The summed E-state index contributed by atoms with van der Waals surface area (Å²) in [4.78, 5) is 24.2. The van der Waals surface area contributed by atoms with Gasteiger partial charge in [0.1, 0.15) is 11.9 Å². The smallest absolute Gasteiger partial charge is 0.394 e. The molecule has 1 aromatic rings. The molecule has 3 atom stereocenters. The number of nitrogens with zero attached hydrogens (tertiary/aromatic N) is 1. The first-order valence-corrected chi connectivity index (χ1v) is 8.68. The summed E-state index contributed by atoms with van der Waals surface area (Å²) >= 11 is 0. The number of hydrogen-bond donors (Lipinski definition) is 2. The van der Waals surface area contributed by atoms with E-state index in [-0.39, 0.29) is 12.6 Å². The molecule has 2 amide bonds. The fraction of sp³-hybridized carbons (Fsp3) is 0.556. The van der Waals surface area contributed by atoms with Gasteiger partial charge in [-0.2, -0.15) is 13.2 Å². The van der Waals surface area contributed by atoms with Gasteiger partial charge in [-0.3, -0.25) is 4.79 Å². The molecule has 1 aliphatic heterocycles. The van der Waals surface area contributed by atoms with Crippen LogP contribution in [0.25, 0.3) is 0 Å². The number of carboxylic acids is 1. The highest BCUT2D eigenvalue weighted by Gasteiger charge is 2.53. The summed E-state index contributed by atoms with van der Waals surface area (Å²) in [6.07, 6.45) is -4.44. The van der Waals surface area contributed by atoms with E-state index in [4.69, 9.17) is 9.84 Å². The first kappa shape index (κ1) is 20.9. The van der Waals surface area contributed by atoms with Crippen molar-refractivity contribution in [2.24, 2.45) is 11.8 Å². The molecular weight excluding hydrogens is 365 g/mol. The summed E-state index contributed by atoms with van der Waals surface area (Å²) in [5, 5.41) is 11.6. The molecular formula is C18H23F3N2O4. The lowest BCUT2D eigenvalue weighted by molar-refractivity contribution is -0.187. The highest BCUT2D eigenvalue weighted by molar-refractivity contribution is 5.77. The lowest BCUT2D eigenvalue weighted by atomic mass is 9.96. The number of nitrogens with one attached hydrogen (secondary N) is 1. The molecule has 0 aliphatic carbocycles. The van der Waals surface area contributed by atoms with E-state index in [2.05, 4.69) is 5.32 Å². The lowest BCUT2D eigenvalue weighted by Crippen LogP contribution is -2.43. The van der Waals surface area contributed by atoms with E-state index in [1.54, 1.807) is 6.07 Å². The van der Waals surface area contributed by atoms with Crippen molar-refractivity contribution in [2.45, 2.75) is 32.5 Å². The van der Waals surface area contributed by atoms with E-state index in [0.29, 0.717) is 12.2 Å². The Kier molecular flexibility index (Phi) is 6.56. The van der Waals surface area contributed by atoms with Crippen LogP contribution in [0.15, 0.2) is 24.3 Å². The average molecular weight is 388 g/mol. The van der Waals surface area contributed by atoms with E-state index in [1.807, 2.05) is 32.0 Å². The predicted octanol–water partition coefficient (Wildman–Crippen LogP) is 3.06. The number of ether oxygens (including phenoxy) is 1. The Balaban J connectivity index is 1.94. The number of amides is 2. The third-order valence-electron chi connectivity index (χ3n) is 4.67. The van der Waals surface area contributed by atoms with Crippen LogP contribution in [0.5, 0.6) is 5.75 Å². The van der Waals surface area contributed by atoms with Gasteiger partial charge in [0.15, 0.2) is 0 Å². The number of urea groups is 1. The Morgan fingerprint density at radius 2 is 2.00 bits per heavy atom. The first-order valence-electron chi connectivity index (χ1n) is 8.68. The first-order chi connectivity index (χ1) is 12.6. The van der Waals surface area contributed by atoms with Crippen LogP contribution < -0.4 is 10.1 Å². The molecule has 0 spiro atoms. The average Bonchev–Trinajstić information content (AvgIpc) is 3.06. The summed E-state index contributed by atoms with van der Waals surface area (Å²) in [6.45, 7) is 2.72. The second-order valence-corrected chi connectivity index (χ2v) is 6.60. The molecule has 1 aromatic carbocycles. The van der Waals surface area contributed by atoms with Crippen LogP contribution in [0.1, 0.15) is 18.9 Å². The molecule has 0 aromatic heterocycles. The number of benzene rings is 1. The van der Waals surface area contributed by atoms with Gasteiger partial charge in [0, 0.05) is 13.1 Å². The van der Waals surface area contributed by atoms with Gasteiger partial charge in [-0.15, -0.1) is 0 Å². The minimum absolute atomic E-state index is 0.106. The number of carboxylic acid groups (broad SMARTS) is 1. The Labute approximate surface area is 155 Å². The Morgan fingerprint density at radius 1 is 1.33 bits per heavy atom. The molecule has 1 aliphatic rings. The maximum atomic E-state index is 13.0. The molecule has 2 rings (SSSR count). The zero-order chi connectivity index (χ0) is 20.2. The number of carbonyl (C=O) groups excluding carboxylic acids is 1. The molecule has 9 heteroatoms. The number of likely N-dealkylation sites (tertiary alicyclic amines) is 1. The van der Waals surface area contributed by atoms with Crippen LogP contribution in [0.2, 0.25) is 0 Å². The number of halogens is 3. The Bertz CT molecular complexity index is 681. The quantitative estimate of drug-likeness (QED) is 0.785. The van der Waals surface area contributed by atoms with Crippen LogP contribution in [-0.2, 0) is 4.79 Å². The highest BCUT2D eigenvalue weighted by atomic mass is 19.4. The van der Waals surface area contributed by atoms with Crippen molar-refractivity contribution in [3.8, 4) is 5.75 Å². The van der Waals surface area contributed by atoms with Crippen LogP contribution in [-0.4, -0.2) is 53.9 Å². The van der Waals surface area contributed by atoms with Crippen LogP contribution in [0.3, 0.4) is 0 Å². The van der Waals surface area contributed by atoms with Crippen LogP contribution >= 0.6 is 0 Å². The molecule has 1 unspecified atom stereocenters. The second-order valence-electron chi connectivity index (χ2n) is 6.60. The number of rotatable bonds is 6. The minimum Gasteiger partial charge on any atom is -0.488 e. The van der Waals surface area contributed by atoms with E-state index >= 15 is 0 Å². The molecule has 150 valence electrons. The van der Waals surface area contributed by atoms with Gasteiger partial charge in [-0.1, -0.05) is 25.1 Å². The number of para-hydroxylation sites is 1. The van der Waals surface area contributed by atoms with E-state index in [9.17, 15) is 22.8 Å². The number of aliphatic carboxylic acids is 1. The fourth-order valence-electron chi connectivity index (χ4n) is 3.00. The Hall–Kier alpha value is -2.45. The van der Waals surface area contributed by atoms with Crippen molar-refractivity contribution in [2.75, 3.05) is 19.6 Å². The third kappa shape index (κ3) is 5.27. The predicted molar refractivity (Wildman–Crippen MR) is 91.5 cm³/mol. The maximum absolute atomic E-state index is 13.0. The zero-order valence-electron chi connectivity index (χ0n) is 15.1. The number of aryl methyl sites for hydroxylation is 1. The standard InChI is InChI=1S/C18H23F3N2O4/c1-3-12(27-15-7-5-4-6-11(15)2)8-22-17(26)23-9-13(16(24)25)14(10-23)18(19,20)21/h4-7,12-14H,3,8-10H2,1-2H3,(H,22,26)(H,24,25)/t12?,13-,14-/m1/s1. The number of alkyl halides is 3. The van der Waals surface area contributed by atoms with Gasteiger partial charge < -0.3 is 20.1 Å². The molecule has 2 N–H and O–H groups in total. The van der Waals surface area contributed by atoms with Gasteiger partial charge in [0.2, 0.25) is 0 Å². The SMILES string of the molecule is CCC(CNC(=O)N1C[C@@H](C(F)(F)F)[C@H](C(=O)O)C1)Oc1ccccc1C. The van der Waals surface area contributed by atoms with Gasteiger partial charge in [0.05, 0.1) is 18.4 Å². The molecule has 0 radical (unpaired) electrons. The van der Waals surface area contributed by atoms with Crippen molar-refractivity contribution in [1.29, 1.82) is 0 Å². The van der Waals surface area contributed by atoms with Crippen LogP contribution in [0.4, 0.5) is 18.0 Å².